The number of halogens is 1. The number of carbonyl (C=O) groups excluding carboxylic acids is 1. The second-order valence-electron chi connectivity index (χ2n) is 7.09. The second kappa shape index (κ2) is 6.72. The van der Waals surface area contributed by atoms with Crippen molar-refractivity contribution >= 4 is 28.6 Å². The highest BCUT2D eigenvalue weighted by atomic mass is 127. The van der Waals surface area contributed by atoms with Gasteiger partial charge in [0.2, 0.25) is 0 Å². The van der Waals surface area contributed by atoms with E-state index in [2.05, 4.69) is 61.2 Å². The summed E-state index contributed by atoms with van der Waals surface area (Å²) < 4.78 is 13.1. The molecule has 0 bridgehead atoms. The van der Waals surface area contributed by atoms with Gasteiger partial charge in [-0.15, -0.1) is 0 Å². The number of carbonyl (C=O) groups is 1. The number of rotatable bonds is 3. The molecule has 1 saturated heterocycles. The molecule has 2 atom stereocenters. The average Bonchev–Trinajstić information content (AvgIpc) is 2.92. The molecule has 134 valence electrons. The first-order chi connectivity index (χ1) is 12.5. The summed E-state index contributed by atoms with van der Waals surface area (Å²) in [5, 5.41) is 0. The van der Waals surface area contributed by atoms with Gasteiger partial charge in [0.25, 0.3) is 0 Å². The first-order valence-electron chi connectivity index (χ1n) is 8.86. The molecule has 2 aliphatic rings. The predicted octanol–water partition coefficient (Wildman–Crippen LogP) is 5.20. The van der Waals surface area contributed by atoms with Gasteiger partial charge in [-0.3, -0.25) is 0 Å². The van der Waals surface area contributed by atoms with E-state index in [-0.39, 0.29) is 18.0 Å². The minimum Gasteiger partial charge on any atom is -0.489 e. The SMILES string of the molecule is C=C1C(=O)O[C@H]2c3c(C)c(OCc4ccccc4I)cc(C)c3CC[C@@H]12. The molecule has 0 spiro atoms. The van der Waals surface area contributed by atoms with Crippen LogP contribution >= 0.6 is 22.6 Å². The number of hydrogen-bond acceptors (Lipinski definition) is 3. The number of ether oxygens (including phenoxy) is 2. The molecule has 4 rings (SSSR count). The van der Waals surface area contributed by atoms with Gasteiger partial charge in [0, 0.05) is 26.2 Å². The lowest BCUT2D eigenvalue weighted by Gasteiger charge is -2.30. The molecule has 1 heterocycles. The van der Waals surface area contributed by atoms with Crippen molar-refractivity contribution in [3.63, 3.8) is 0 Å². The van der Waals surface area contributed by atoms with E-state index >= 15 is 0 Å². The van der Waals surface area contributed by atoms with Gasteiger partial charge >= 0.3 is 5.97 Å². The van der Waals surface area contributed by atoms with Crippen LogP contribution in [0.1, 0.15) is 40.3 Å². The topological polar surface area (TPSA) is 35.5 Å². The summed E-state index contributed by atoms with van der Waals surface area (Å²) in [4.78, 5) is 12.0. The van der Waals surface area contributed by atoms with Crippen molar-refractivity contribution in [1.82, 2.24) is 0 Å². The maximum atomic E-state index is 12.0. The normalized spacial score (nSPS) is 21.2. The first kappa shape index (κ1) is 17.6. The molecule has 0 saturated carbocycles. The van der Waals surface area contributed by atoms with Gasteiger partial charge in [-0.1, -0.05) is 24.8 Å². The molecule has 4 heteroatoms. The van der Waals surface area contributed by atoms with Gasteiger partial charge in [-0.05, 0) is 78.1 Å². The summed E-state index contributed by atoms with van der Waals surface area (Å²) in [6.07, 6.45) is 1.67. The van der Waals surface area contributed by atoms with E-state index in [4.69, 9.17) is 9.47 Å². The van der Waals surface area contributed by atoms with Crippen molar-refractivity contribution in [3.05, 3.63) is 73.9 Å². The Morgan fingerprint density at radius 3 is 2.85 bits per heavy atom. The molecule has 1 fully saturated rings. The highest BCUT2D eigenvalue weighted by molar-refractivity contribution is 14.1. The molecule has 0 aromatic heterocycles. The Labute approximate surface area is 167 Å². The molecular weight excluding hydrogens is 439 g/mol. The van der Waals surface area contributed by atoms with Gasteiger partial charge in [0.1, 0.15) is 18.5 Å². The lowest BCUT2D eigenvalue weighted by atomic mass is 9.76. The zero-order valence-electron chi connectivity index (χ0n) is 15.0. The third kappa shape index (κ3) is 2.84. The summed E-state index contributed by atoms with van der Waals surface area (Å²) in [5.41, 5.74) is 6.49. The molecule has 0 N–H and O–H groups in total. The fourth-order valence-corrected chi connectivity index (χ4v) is 4.64. The van der Waals surface area contributed by atoms with Crippen molar-refractivity contribution in [2.45, 2.75) is 39.4 Å². The van der Waals surface area contributed by atoms with Crippen LogP contribution < -0.4 is 4.74 Å². The fraction of sp³-hybridized carbons (Fsp3) is 0.318. The van der Waals surface area contributed by atoms with Crippen LogP contribution in [0.25, 0.3) is 0 Å². The standard InChI is InChI=1S/C22H21IO3/c1-12-10-19(25-11-15-6-4-5-7-18(15)23)14(3)20-16(12)8-9-17-13(2)22(24)26-21(17)20/h4-7,10,17,21H,2,8-9,11H2,1,3H3/t17-,21+/m0/s1. The molecule has 3 nitrogen and oxygen atoms in total. The van der Waals surface area contributed by atoms with Crippen LogP contribution in [0, 0.1) is 23.3 Å². The molecule has 1 aliphatic carbocycles. The Morgan fingerprint density at radius 2 is 2.08 bits per heavy atom. The number of aryl methyl sites for hydroxylation is 1. The highest BCUT2D eigenvalue weighted by Gasteiger charge is 2.44. The first-order valence-corrected chi connectivity index (χ1v) is 9.94. The summed E-state index contributed by atoms with van der Waals surface area (Å²) in [5.74, 6) is 0.712. The number of fused-ring (bicyclic) bond motifs is 3. The summed E-state index contributed by atoms with van der Waals surface area (Å²) in [6, 6.07) is 10.3. The highest BCUT2D eigenvalue weighted by Crippen LogP contribution is 2.49. The fourth-order valence-electron chi connectivity index (χ4n) is 4.09. The summed E-state index contributed by atoms with van der Waals surface area (Å²) in [6.45, 7) is 8.66. The van der Waals surface area contributed by atoms with E-state index in [1.807, 2.05) is 12.1 Å². The van der Waals surface area contributed by atoms with Gasteiger partial charge in [-0.25, -0.2) is 4.79 Å². The van der Waals surface area contributed by atoms with E-state index in [1.165, 1.54) is 20.3 Å². The van der Waals surface area contributed by atoms with Crippen LogP contribution in [-0.4, -0.2) is 5.97 Å². The second-order valence-corrected chi connectivity index (χ2v) is 8.25. The van der Waals surface area contributed by atoms with Crippen LogP contribution in [0.3, 0.4) is 0 Å². The van der Waals surface area contributed by atoms with Gasteiger partial charge < -0.3 is 9.47 Å². The molecule has 0 radical (unpaired) electrons. The van der Waals surface area contributed by atoms with E-state index in [1.54, 1.807) is 0 Å². The zero-order valence-corrected chi connectivity index (χ0v) is 17.1. The van der Waals surface area contributed by atoms with Crippen molar-refractivity contribution in [1.29, 1.82) is 0 Å². The number of benzene rings is 2. The third-order valence-electron chi connectivity index (χ3n) is 5.56. The molecule has 2 aromatic carbocycles. The van der Waals surface area contributed by atoms with Gasteiger partial charge in [0.15, 0.2) is 0 Å². The van der Waals surface area contributed by atoms with Crippen LogP contribution in [0.2, 0.25) is 0 Å². The molecule has 1 aliphatic heterocycles. The molecule has 0 unspecified atom stereocenters. The average molecular weight is 460 g/mol. The minimum absolute atomic E-state index is 0.0958. The van der Waals surface area contributed by atoms with Crippen LogP contribution in [0.5, 0.6) is 5.75 Å². The largest absolute Gasteiger partial charge is 0.489 e. The van der Waals surface area contributed by atoms with Crippen LogP contribution in [-0.2, 0) is 22.6 Å². The predicted molar refractivity (Wildman–Crippen MR) is 109 cm³/mol. The monoisotopic (exact) mass is 460 g/mol. The zero-order chi connectivity index (χ0) is 18.4. The summed E-state index contributed by atoms with van der Waals surface area (Å²) in [7, 11) is 0. The summed E-state index contributed by atoms with van der Waals surface area (Å²) >= 11 is 2.33. The van der Waals surface area contributed by atoms with Gasteiger partial charge in [-0.2, -0.15) is 0 Å². The molecule has 0 amide bonds. The molecule has 26 heavy (non-hydrogen) atoms. The Morgan fingerprint density at radius 1 is 1.31 bits per heavy atom. The Kier molecular flexibility index (Phi) is 4.55. The maximum Gasteiger partial charge on any atom is 0.334 e. The lowest BCUT2D eigenvalue weighted by Crippen LogP contribution is -2.20. The Balaban J connectivity index is 1.69. The molecule has 2 aromatic rings. The van der Waals surface area contributed by atoms with Crippen molar-refractivity contribution < 1.29 is 14.3 Å². The third-order valence-corrected chi connectivity index (χ3v) is 6.61. The van der Waals surface area contributed by atoms with Crippen LogP contribution in [0.4, 0.5) is 0 Å². The Bertz CT molecular complexity index is 916. The minimum atomic E-state index is -0.255. The maximum absolute atomic E-state index is 12.0. The Hall–Kier alpha value is -1.82. The van der Waals surface area contributed by atoms with Crippen molar-refractivity contribution in [2.24, 2.45) is 5.92 Å². The smallest absolute Gasteiger partial charge is 0.334 e. The van der Waals surface area contributed by atoms with E-state index < -0.39 is 0 Å². The van der Waals surface area contributed by atoms with E-state index in [0.717, 1.165) is 29.7 Å². The van der Waals surface area contributed by atoms with Crippen molar-refractivity contribution in [2.75, 3.05) is 0 Å². The van der Waals surface area contributed by atoms with E-state index in [9.17, 15) is 4.79 Å². The number of hydrogen-bond donors (Lipinski definition) is 0. The van der Waals surface area contributed by atoms with Crippen LogP contribution in [0.15, 0.2) is 42.5 Å². The molecular formula is C22H21IO3. The lowest BCUT2D eigenvalue weighted by molar-refractivity contribution is -0.139. The van der Waals surface area contributed by atoms with Gasteiger partial charge in [0.05, 0.1) is 0 Å². The van der Waals surface area contributed by atoms with E-state index in [0.29, 0.717) is 12.2 Å². The quantitative estimate of drug-likeness (QED) is 0.359. The van der Waals surface area contributed by atoms with Crippen molar-refractivity contribution in [3.8, 4) is 5.75 Å². The number of esters is 1.